The average Bonchev–Trinajstić information content (AvgIpc) is 3.05. The summed E-state index contributed by atoms with van der Waals surface area (Å²) in [7, 11) is 1.56. The molecular formula is C16H16N2O4. The Bertz CT molecular complexity index is 694. The average molecular weight is 300 g/mol. The number of rotatable bonds is 4. The molecule has 0 atom stereocenters. The number of hydrogen-bond donors (Lipinski definition) is 1. The van der Waals surface area contributed by atoms with Gasteiger partial charge in [-0.1, -0.05) is 0 Å². The van der Waals surface area contributed by atoms with Crippen molar-refractivity contribution in [2.45, 2.75) is 12.8 Å². The Morgan fingerprint density at radius 3 is 2.95 bits per heavy atom. The van der Waals surface area contributed by atoms with Crippen LogP contribution in [-0.4, -0.2) is 25.7 Å². The normalized spacial score (nSPS) is 13.9. The molecule has 1 aliphatic heterocycles. The molecule has 2 aromatic rings. The SMILES string of the molecule is COCN1C(=O)CCc2cc(NC(=O)c3ccoc3)ccc21. The Hall–Kier alpha value is -2.60. The molecule has 1 aromatic heterocycles. The zero-order valence-electron chi connectivity index (χ0n) is 12.2. The van der Waals surface area contributed by atoms with Crippen LogP contribution in [0.25, 0.3) is 0 Å². The van der Waals surface area contributed by atoms with E-state index in [9.17, 15) is 9.59 Å². The molecule has 6 nitrogen and oxygen atoms in total. The van der Waals surface area contributed by atoms with Crippen LogP contribution in [0.15, 0.2) is 41.2 Å². The number of anilines is 2. The van der Waals surface area contributed by atoms with E-state index in [-0.39, 0.29) is 18.5 Å². The van der Waals surface area contributed by atoms with Crippen LogP contribution in [0.1, 0.15) is 22.3 Å². The van der Waals surface area contributed by atoms with Gasteiger partial charge >= 0.3 is 0 Å². The van der Waals surface area contributed by atoms with E-state index in [1.165, 1.54) is 12.5 Å². The van der Waals surface area contributed by atoms with Gasteiger partial charge in [0.2, 0.25) is 5.91 Å². The zero-order chi connectivity index (χ0) is 15.5. The van der Waals surface area contributed by atoms with Gasteiger partial charge in [0.15, 0.2) is 0 Å². The molecule has 0 saturated carbocycles. The number of methoxy groups -OCH3 is 1. The van der Waals surface area contributed by atoms with Crippen LogP contribution in [0, 0.1) is 0 Å². The number of benzene rings is 1. The number of hydrogen-bond acceptors (Lipinski definition) is 4. The molecule has 2 heterocycles. The number of nitrogens with one attached hydrogen (secondary N) is 1. The van der Waals surface area contributed by atoms with Crippen molar-refractivity contribution in [3.8, 4) is 0 Å². The Morgan fingerprint density at radius 2 is 2.23 bits per heavy atom. The maximum absolute atomic E-state index is 12.0. The van der Waals surface area contributed by atoms with E-state index in [4.69, 9.17) is 9.15 Å². The van der Waals surface area contributed by atoms with Crippen molar-refractivity contribution in [1.29, 1.82) is 0 Å². The van der Waals surface area contributed by atoms with Crippen LogP contribution in [-0.2, 0) is 16.0 Å². The van der Waals surface area contributed by atoms with E-state index in [2.05, 4.69) is 5.32 Å². The van der Waals surface area contributed by atoms with E-state index >= 15 is 0 Å². The molecular weight excluding hydrogens is 284 g/mol. The van der Waals surface area contributed by atoms with Gasteiger partial charge < -0.3 is 14.5 Å². The summed E-state index contributed by atoms with van der Waals surface area (Å²) in [5.41, 5.74) is 3.01. The highest BCUT2D eigenvalue weighted by atomic mass is 16.5. The van der Waals surface area contributed by atoms with Crippen molar-refractivity contribution in [3.63, 3.8) is 0 Å². The third-order valence-electron chi connectivity index (χ3n) is 3.58. The second kappa shape index (κ2) is 6.03. The smallest absolute Gasteiger partial charge is 0.258 e. The van der Waals surface area contributed by atoms with E-state index in [1.54, 1.807) is 24.1 Å². The lowest BCUT2D eigenvalue weighted by Gasteiger charge is -2.29. The molecule has 2 amide bonds. The predicted molar refractivity (Wildman–Crippen MR) is 80.8 cm³/mol. The minimum Gasteiger partial charge on any atom is -0.472 e. The van der Waals surface area contributed by atoms with Crippen LogP contribution in [0.5, 0.6) is 0 Å². The van der Waals surface area contributed by atoms with Gasteiger partial charge in [-0.25, -0.2) is 0 Å². The monoisotopic (exact) mass is 300 g/mol. The summed E-state index contributed by atoms with van der Waals surface area (Å²) in [6.45, 7) is 0.229. The van der Waals surface area contributed by atoms with Crippen molar-refractivity contribution in [3.05, 3.63) is 47.9 Å². The molecule has 1 aliphatic rings. The lowest BCUT2D eigenvalue weighted by atomic mass is 10.0. The maximum Gasteiger partial charge on any atom is 0.258 e. The van der Waals surface area contributed by atoms with Gasteiger partial charge in [-0.3, -0.25) is 14.5 Å². The van der Waals surface area contributed by atoms with Crippen molar-refractivity contribution < 1.29 is 18.7 Å². The van der Waals surface area contributed by atoms with Gasteiger partial charge in [0, 0.05) is 24.9 Å². The van der Waals surface area contributed by atoms with E-state index in [0.717, 1.165) is 11.3 Å². The van der Waals surface area contributed by atoms with E-state index in [0.29, 0.717) is 24.1 Å². The third kappa shape index (κ3) is 2.73. The number of amides is 2. The minimum absolute atomic E-state index is 0.0459. The second-order valence-electron chi connectivity index (χ2n) is 5.05. The predicted octanol–water partition coefficient (Wildman–Crippen LogP) is 2.42. The Morgan fingerprint density at radius 1 is 1.36 bits per heavy atom. The van der Waals surface area contributed by atoms with Crippen molar-refractivity contribution in [2.75, 3.05) is 24.1 Å². The van der Waals surface area contributed by atoms with Gasteiger partial charge in [-0.15, -0.1) is 0 Å². The fourth-order valence-corrected chi connectivity index (χ4v) is 2.51. The Balaban J connectivity index is 1.82. The largest absolute Gasteiger partial charge is 0.472 e. The van der Waals surface area contributed by atoms with Gasteiger partial charge in [0.1, 0.15) is 13.0 Å². The molecule has 0 radical (unpaired) electrons. The van der Waals surface area contributed by atoms with Crippen molar-refractivity contribution >= 4 is 23.2 Å². The summed E-state index contributed by atoms with van der Waals surface area (Å²) < 4.78 is 9.98. The first kappa shape index (κ1) is 14.3. The lowest BCUT2D eigenvalue weighted by Crippen LogP contribution is -2.36. The lowest BCUT2D eigenvalue weighted by molar-refractivity contribution is -0.119. The highest BCUT2D eigenvalue weighted by Crippen LogP contribution is 2.30. The number of fused-ring (bicyclic) bond motifs is 1. The molecule has 6 heteroatoms. The molecule has 0 fully saturated rings. The molecule has 3 rings (SSSR count). The van der Waals surface area contributed by atoms with Crippen LogP contribution in [0.3, 0.4) is 0 Å². The summed E-state index contributed by atoms with van der Waals surface area (Å²) in [5.74, 6) is -0.182. The fourth-order valence-electron chi connectivity index (χ4n) is 2.51. The highest BCUT2D eigenvalue weighted by Gasteiger charge is 2.24. The van der Waals surface area contributed by atoms with Crippen molar-refractivity contribution in [2.24, 2.45) is 0 Å². The highest BCUT2D eigenvalue weighted by molar-refractivity contribution is 6.04. The van der Waals surface area contributed by atoms with E-state index < -0.39 is 0 Å². The maximum atomic E-state index is 12.0. The number of nitrogens with zero attached hydrogens (tertiary/aromatic N) is 1. The third-order valence-corrected chi connectivity index (χ3v) is 3.58. The van der Waals surface area contributed by atoms with E-state index in [1.807, 2.05) is 12.1 Å². The topological polar surface area (TPSA) is 71.8 Å². The van der Waals surface area contributed by atoms with Gasteiger partial charge in [-0.05, 0) is 36.2 Å². The standard InChI is InChI=1S/C16H16N2O4/c1-21-10-18-14-4-3-13(8-11(14)2-5-15(18)19)17-16(20)12-6-7-22-9-12/h3-4,6-9H,2,5,10H2,1H3,(H,17,20). The molecule has 0 spiro atoms. The number of carbonyl (C=O) groups excluding carboxylic acids is 2. The molecule has 22 heavy (non-hydrogen) atoms. The summed E-state index contributed by atoms with van der Waals surface area (Å²) in [6.07, 6.45) is 3.95. The molecule has 0 unspecified atom stereocenters. The number of ether oxygens (including phenoxy) is 1. The number of aryl methyl sites for hydroxylation is 1. The number of furan rings is 1. The first-order valence-corrected chi connectivity index (χ1v) is 6.95. The fraction of sp³-hybridized carbons (Fsp3) is 0.250. The first-order valence-electron chi connectivity index (χ1n) is 6.95. The summed E-state index contributed by atoms with van der Waals surface area (Å²) in [6, 6.07) is 7.10. The molecule has 1 N–H and O–H groups in total. The molecule has 0 saturated heterocycles. The zero-order valence-corrected chi connectivity index (χ0v) is 12.2. The Labute approximate surface area is 127 Å². The van der Waals surface area contributed by atoms with Crippen LogP contribution < -0.4 is 10.2 Å². The minimum atomic E-state index is -0.227. The van der Waals surface area contributed by atoms with Crippen LogP contribution in [0.2, 0.25) is 0 Å². The van der Waals surface area contributed by atoms with Crippen molar-refractivity contribution in [1.82, 2.24) is 0 Å². The van der Waals surface area contributed by atoms with Gasteiger partial charge in [0.05, 0.1) is 11.8 Å². The molecule has 0 aliphatic carbocycles. The number of carbonyl (C=O) groups is 2. The van der Waals surface area contributed by atoms with Gasteiger partial charge in [0.25, 0.3) is 5.91 Å². The summed E-state index contributed by atoms with van der Waals surface area (Å²) in [5, 5.41) is 2.82. The molecule has 1 aromatic carbocycles. The van der Waals surface area contributed by atoms with Gasteiger partial charge in [-0.2, -0.15) is 0 Å². The molecule has 0 bridgehead atoms. The summed E-state index contributed by atoms with van der Waals surface area (Å²) >= 11 is 0. The summed E-state index contributed by atoms with van der Waals surface area (Å²) in [4.78, 5) is 25.5. The second-order valence-corrected chi connectivity index (χ2v) is 5.05. The quantitative estimate of drug-likeness (QED) is 0.941. The van der Waals surface area contributed by atoms with Crippen LogP contribution in [0.4, 0.5) is 11.4 Å². The first-order chi connectivity index (χ1) is 10.7. The van der Waals surface area contributed by atoms with Crippen LogP contribution >= 0.6 is 0 Å². The Kier molecular flexibility index (Phi) is 3.93. The molecule has 114 valence electrons.